The van der Waals surface area contributed by atoms with Gasteiger partial charge in [-0.2, -0.15) is 0 Å². The highest BCUT2D eigenvalue weighted by Gasteiger charge is 2.14. The van der Waals surface area contributed by atoms with Crippen molar-refractivity contribution in [2.24, 2.45) is 0 Å². The summed E-state index contributed by atoms with van der Waals surface area (Å²) >= 11 is 0. The third-order valence-electron chi connectivity index (χ3n) is 2.43. The molecular formula is C13H14O2. The number of carbonyl (C=O) groups excluding carboxylic acids is 1. The molecule has 0 amide bonds. The van der Waals surface area contributed by atoms with Crippen molar-refractivity contribution in [1.29, 1.82) is 0 Å². The highest BCUT2D eigenvalue weighted by atomic mass is 16.5. The van der Waals surface area contributed by atoms with E-state index in [4.69, 9.17) is 4.74 Å². The number of hydrogen-bond acceptors (Lipinski definition) is 2. The van der Waals surface area contributed by atoms with Crippen LogP contribution in [0.4, 0.5) is 0 Å². The van der Waals surface area contributed by atoms with Gasteiger partial charge in [-0.05, 0) is 18.6 Å². The fraction of sp³-hybridized carbons (Fsp3) is 0.308. The van der Waals surface area contributed by atoms with Gasteiger partial charge in [0.05, 0.1) is 6.61 Å². The van der Waals surface area contributed by atoms with Crippen molar-refractivity contribution in [3.63, 3.8) is 0 Å². The summed E-state index contributed by atoms with van der Waals surface area (Å²) in [6, 6.07) is 8.01. The molecule has 1 aliphatic heterocycles. The van der Waals surface area contributed by atoms with Gasteiger partial charge < -0.3 is 4.74 Å². The van der Waals surface area contributed by atoms with Crippen molar-refractivity contribution < 1.29 is 9.53 Å². The molecule has 1 aromatic rings. The molecule has 0 aromatic heterocycles. The van der Waals surface area contributed by atoms with Crippen LogP contribution in [0.1, 0.15) is 17.5 Å². The van der Waals surface area contributed by atoms with E-state index in [0.717, 1.165) is 12.0 Å². The summed E-state index contributed by atoms with van der Waals surface area (Å²) in [5.41, 5.74) is 2.23. The van der Waals surface area contributed by atoms with E-state index in [2.05, 4.69) is 0 Å². The van der Waals surface area contributed by atoms with Crippen molar-refractivity contribution >= 4 is 5.78 Å². The van der Waals surface area contributed by atoms with Gasteiger partial charge in [0.25, 0.3) is 0 Å². The summed E-state index contributed by atoms with van der Waals surface area (Å²) in [4.78, 5) is 11.7. The SMILES string of the molecule is Cc1cccc(CC(=O)C2=CCCO2)c1. The average molecular weight is 202 g/mol. The maximum atomic E-state index is 11.7. The maximum Gasteiger partial charge on any atom is 0.201 e. The summed E-state index contributed by atoms with van der Waals surface area (Å²) in [5, 5.41) is 0. The lowest BCUT2D eigenvalue weighted by molar-refractivity contribution is -0.117. The fourth-order valence-corrected chi connectivity index (χ4v) is 1.71. The second-order valence-corrected chi connectivity index (χ2v) is 3.79. The van der Waals surface area contributed by atoms with Gasteiger partial charge in [0, 0.05) is 12.8 Å². The fourth-order valence-electron chi connectivity index (χ4n) is 1.71. The van der Waals surface area contributed by atoms with Gasteiger partial charge in [-0.1, -0.05) is 29.8 Å². The standard InChI is InChI=1S/C13H14O2/c1-10-4-2-5-11(8-10)9-12(14)13-6-3-7-15-13/h2,4-6,8H,3,7,9H2,1H3. The zero-order chi connectivity index (χ0) is 10.7. The zero-order valence-corrected chi connectivity index (χ0v) is 8.82. The third-order valence-corrected chi connectivity index (χ3v) is 2.43. The molecule has 0 saturated carbocycles. The minimum Gasteiger partial charge on any atom is -0.490 e. The average Bonchev–Trinajstić information content (AvgIpc) is 2.70. The number of Topliss-reactive ketones (excluding diaryl/α,β-unsaturated/α-hetero) is 1. The lowest BCUT2D eigenvalue weighted by Crippen LogP contribution is -2.06. The molecule has 1 aliphatic rings. The van der Waals surface area contributed by atoms with Crippen LogP contribution in [0.3, 0.4) is 0 Å². The molecule has 2 rings (SSSR count). The van der Waals surface area contributed by atoms with Gasteiger partial charge in [0.1, 0.15) is 0 Å². The van der Waals surface area contributed by atoms with E-state index in [1.807, 2.05) is 37.3 Å². The Hall–Kier alpha value is -1.57. The number of benzene rings is 1. The van der Waals surface area contributed by atoms with E-state index >= 15 is 0 Å². The largest absolute Gasteiger partial charge is 0.490 e. The van der Waals surface area contributed by atoms with Gasteiger partial charge in [-0.15, -0.1) is 0 Å². The minimum absolute atomic E-state index is 0.0816. The number of allylic oxidation sites excluding steroid dienone is 1. The van der Waals surface area contributed by atoms with E-state index in [1.165, 1.54) is 5.56 Å². The molecule has 0 aliphatic carbocycles. The second kappa shape index (κ2) is 4.30. The first-order chi connectivity index (χ1) is 7.25. The Labute approximate surface area is 89.6 Å². The van der Waals surface area contributed by atoms with Crippen LogP contribution < -0.4 is 0 Å². The smallest absolute Gasteiger partial charge is 0.201 e. The predicted molar refractivity (Wildman–Crippen MR) is 58.5 cm³/mol. The van der Waals surface area contributed by atoms with E-state index in [1.54, 1.807) is 0 Å². The van der Waals surface area contributed by atoms with E-state index in [-0.39, 0.29) is 5.78 Å². The number of rotatable bonds is 3. The number of ether oxygens (including phenoxy) is 1. The highest BCUT2D eigenvalue weighted by molar-refractivity contribution is 5.95. The molecule has 0 bridgehead atoms. The Morgan fingerprint density at radius 2 is 2.33 bits per heavy atom. The lowest BCUT2D eigenvalue weighted by Gasteiger charge is -2.03. The highest BCUT2D eigenvalue weighted by Crippen LogP contribution is 2.13. The molecular weight excluding hydrogens is 188 g/mol. The zero-order valence-electron chi connectivity index (χ0n) is 8.82. The van der Waals surface area contributed by atoms with Crippen molar-refractivity contribution in [1.82, 2.24) is 0 Å². The first kappa shape index (κ1) is 9.97. The molecule has 0 spiro atoms. The van der Waals surface area contributed by atoms with Crippen molar-refractivity contribution in [3.8, 4) is 0 Å². The second-order valence-electron chi connectivity index (χ2n) is 3.79. The van der Waals surface area contributed by atoms with Crippen LogP contribution in [0.15, 0.2) is 36.1 Å². The molecule has 2 nitrogen and oxygen atoms in total. The van der Waals surface area contributed by atoms with Gasteiger partial charge in [0.15, 0.2) is 5.76 Å². The molecule has 1 aromatic carbocycles. The van der Waals surface area contributed by atoms with Crippen molar-refractivity contribution in [2.45, 2.75) is 19.8 Å². The summed E-state index contributed by atoms with van der Waals surface area (Å²) < 4.78 is 5.23. The van der Waals surface area contributed by atoms with Gasteiger partial charge in [-0.3, -0.25) is 4.79 Å². The van der Waals surface area contributed by atoms with Crippen LogP contribution in [0, 0.1) is 6.92 Å². The Bertz CT molecular complexity index is 405. The normalized spacial score (nSPS) is 14.6. The van der Waals surface area contributed by atoms with Gasteiger partial charge >= 0.3 is 0 Å². The predicted octanol–water partition coefficient (Wildman–Crippen LogP) is 2.41. The van der Waals surface area contributed by atoms with Crippen LogP contribution >= 0.6 is 0 Å². The van der Waals surface area contributed by atoms with Crippen LogP contribution in [-0.4, -0.2) is 12.4 Å². The summed E-state index contributed by atoms with van der Waals surface area (Å²) in [7, 11) is 0. The van der Waals surface area contributed by atoms with Crippen LogP contribution in [0.5, 0.6) is 0 Å². The van der Waals surface area contributed by atoms with Crippen molar-refractivity contribution in [3.05, 3.63) is 47.2 Å². The lowest BCUT2D eigenvalue weighted by atomic mass is 10.1. The monoisotopic (exact) mass is 202 g/mol. The van der Waals surface area contributed by atoms with Crippen molar-refractivity contribution in [2.75, 3.05) is 6.61 Å². The molecule has 15 heavy (non-hydrogen) atoms. The maximum absolute atomic E-state index is 11.7. The molecule has 0 fully saturated rings. The first-order valence-electron chi connectivity index (χ1n) is 5.17. The third kappa shape index (κ3) is 2.46. The van der Waals surface area contributed by atoms with Crippen LogP contribution in [0.2, 0.25) is 0 Å². The minimum atomic E-state index is 0.0816. The van der Waals surface area contributed by atoms with Gasteiger partial charge in [-0.25, -0.2) is 0 Å². The number of aryl methyl sites for hydroxylation is 1. The van der Waals surface area contributed by atoms with E-state index in [9.17, 15) is 4.79 Å². The summed E-state index contributed by atoms with van der Waals surface area (Å²) in [6.07, 6.45) is 3.17. The molecule has 1 heterocycles. The Balaban J connectivity index is 2.05. The van der Waals surface area contributed by atoms with Crippen LogP contribution in [0.25, 0.3) is 0 Å². The Morgan fingerprint density at radius 1 is 1.47 bits per heavy atom. The topological polar surface area (TPSA) is 26.3 Å². The molecule has 0 atom stereocenters. The summed E-state index contributed by atoms with van der Waals surface area (Å²) in [5.74, 6) is 0.620. The molecule has 0 radical (unpaired) electrons. The summed E-state index contributed by atoms with van der Waals surface area (Å²) in [6.45, 7) is 2.67. The number of ketones is 1. The molecule has 2 heteroatoms. The molecule has 0 saturated heterocycles. The Kier molecular flexibility index (Phi) is 2.86. The van der Waals surface area contributed by atoms with Crippen LogP contribution in [-0.2, 0) is 16.0 Å². The molecule has 78 valence electrons. The van der Waals surface area contributed by atoms with E-state index in [0.29, 0.717) is 18.8 Å². The number of carbonyl (C=O) groups is 1. The first-order valence-corrected chi connectivity index (χ1v) is 5.17. The quantitative estimate of drug-likeness (QED) is 0.752. The molecule has 0 unspecified atom stereocenters. The van der Waals surface area contributed by atoms with E-state index < -0.39 is 0 Å². The number of hydrogen-bond donors (Lipinski definition) is 0. The Morgan fingerprint density at radius 3 is 3.00 bits per heavy atom. The molecule has 0 N–H and O–H groups in total. The van der Waals surface area contributed by atoms with Gasteiger partial charge in [0.2, 0.25) is 5.78 Å².